The Balaban J connectivity index is 2.57. The van der Waals surface area contributed by atoms with Crippen LogP contribution in [0.1, 0.15) is 18.2 Å². The van der Waals surface area contributed by atoms with Crippen molar-refractivity contribution in [3.05, 3.63) is 39.0 Å². The third-order valence-electron chi connectivity index (χ3n) is 2.80. The highest BCUT2D eigenvalue weighted by Crippen LogP contribution is 2.28. The molecule has 94 valence electrons. The van der Waals surface area contributed by atoms with Gasteiger partial charge < -0.3 is 5.73 Å². The lowest BCUT2D eigenvalue weighted by Crippen LogP contribution is -2.04. The molecular weight excluding hydrogens is 314 g/mol. The van der Waals surface area contributed by atoms with Gasteiger partial charge in [-0.15, -0.1) is 0 Å². The molecule has 0 spiro atoms. The Labute approximate surface area is 120 Å². The molecular formula is C13H13BrClN3. The number of benzene rings is 1. The Morgan fingerprint density at radius 3 is 2.67 bits per heavy atom. The summed E-state index contributed by atoms with van der Waals surface area (Å²) in [4.78, 5) is 8.84. The van der Waals surface area contributed by atoms with E-state index in [0.29, 0.717) is 16.7 Å². The summed E-state index contributed by atoms with van der Waals surface area (Å²) in [6.45, 7) is 3.99. The number of hydrogen-bond donors (Lipinski definition) is 1. The number of nitrogen functional groups attached to an aromatic ring is 1. The van der Waals surface area contributed by atoms with Crippen molar-refractivity contribution in [2.45, 2.75) is 20.3 Å². The zero-order valence-electron chi connectivity index (χ0n) is 10.2. The van der Waals surface area contributed by atoms with E-state index in [1.165, 1.54) is 0 Å². The molecule has 5 heteroatoms. The van der Waals surface area contributed by atoms with E-state index in [-0.39, 0.29) is 0 Å². The maximum Gasteiger partial charge on any atom is 0.161 e. The summed E-state index contributed by atoms with van der Waals surface area (Å²) in [7, 11) is 0. The number of hydrogen-bond acceptors (Lipinski definition) is 3. The number of nitrogens with zero attached hydrogens (tertiary/aromatic N) is 2. The molecule has 0 atom stereocenters. The van der Waals surface area contributed by atoms with Gasteiger partial charge in [0.05, 0.1) is 5.02 Å². The fourth-order valence-corrected chi connectivity index (χ4v) is 2.12. The second-order valence-corrected chi connectivity index (χ2v) is 5.25. The molecule has 0 aliphatic rings. The molecule has 0 fully saturated rings. The second kappa shape index (κ2) is 5.24. The summed E-state index contributed by atoms with van der Waals surface area (Å²) in [6, 6.07) is 5.62. The van der Waals surface area contributed by atoms with E-state index >= 15 is 0 Å². The molecule has 2 rings (SSSR count). The van der Waals surface area contributed by atoms with Crippen LogP contribution in [-0.2, 0) is 6.42 Å². The first-order valence-corrected chi connectivity index (χ1v) is 6.78. The van der Waals surface area contributed by atoms with Gasteiger partial charge in [0.15, 0.2) is 5.82 Å². The molecule has 0 amide bonds. The first-order chi connectivity index (χ1) is 8.52. The van der Waals surface area contributed by atoms with Crippen molar-refractivity contribution in [2.75, 3.05) is 5.73 Å². The second-order valence-electron chi connectivity index (χ2n) is 3.99. The van der Waals surface area contributed by atoms with Crippen LogP contribution in [0.15, 0.2) is 22.7 Å². The van der Waals surface area contributed by atoms with Gasteiger partial charge >= 0.3 is 0 Å². The zero-order chi connectivity index (χ0) is 13.3. The van der Waals surface area contributed by atoms with Crippen LogP contribution >= 0.6 is 27.5 Å². The summed E-state index contributed by atoms with van der Waals surface area (Å²) in [5, 5.41) is 0.633. The lowest BCUT2D eigenvalue weighted by Gasteiger charge is -2.09. The number of rotatable bonds is 2. The third-order valence-corrected chi connectivity index (χ3v) is 4.03. The number of nitrogens with two attached hydrogens (primary N) is 1. The van der Waals surface area contributed by atoms with Crippen molar-refractivity contribution in [1.29, 1.82) is 0 Å². The number of aromatic nitrogens is 2. The van der Waals surface area contributed by atoms with E-state index in [0.717, 1.165) is 27.7 Å². The highest BCUT2D eigenvalue weighted by molar-refractivity contribution is 9.10. The number of anilines is 1. The molecule has 2 N–H and O–H groups in total. The highest BCUT2D eigenvalue weighted by atomic mass is 79.9. The summed E-state index contributed by atoms with van der Waals surface area (Å²) in [5.74, 6) is 1.14. The molecule has 1 aromatic carbocycles. The average Bonchev–Trinajstić information content (AvgIpc) is 2.36. The monoisotopic (exact) mass is 325 g/mol. The molecule has 0 unspecified atom stereocenters. The van der Waals surface area contributed by atoms with Crippen molar-refractivity contribution >= 4 is 33.3 Å². The van der Waals surface area contributed by atoms with E-state index in [1.54, 1.807) is 0 Å². The molecule has 0 radical (unpaired) electrons. The van der Waals surface area contributed by atoms with E-state index < -0.39 is 0 Å². The zero-order valence-corrected chi connectivity index (χ0v) is 12.5. The Kier molecular flexibility index (Phi) is 3.88. The van der Waals surface area contributed by atoms with Gasteiger partial charge in [-0.25, -0.2) is 9.97 Å². The van der Waals surface area contributed by atoms with Crippen LogP contribution < -0.4 is 5.73 Å². The fraction of sp³-hybridized carbons (Fsp3) is 0.231. The molecule has 0 saturated carbocycles. The molecule has 3 nitrogen and oxygen atoms in total. The van der Waals surface area contributed by atoms with Gasteiger partial charge in [-0.1, -0.05) is 18.5 Å². The molecule has 0 aliphatic carbocycles. The van der Waals surface area contributed by atoms with Crippen LogP contribution in [0.5, 0.6) is 0 Å². The average molecular weight is 327 g/mol. The predicted molar refractivity (Wildman–Crippen MR) is 78.7 cm³/mol. The van der Waals surface area contributed by atoms with E-state index in [4.69, 9.17) is 17.3 Å². The SMILES string of the molecule is CCc1nc(-c2ccc(Br)c(Cl)c2)nc(N)c1C. The van der Waals surface area contributed by atoms with Crippen molar-refractivity contribution in [1.82, 2.24) is 9.97 Å². The van der Waals surface area contributed by atoms with E-state index in [9.17, 15) is 0 Å². The Morgan fingerprint density at radius 1 is 1.33 bits per heavy atom. The summed E-state index contributed by atoms with van der Waals surface area (Å²) in [6.07, 6.45) is 0.829. The number of aryl methyl sites for hydroxylation is 1. The predicted octanol–water partition coefficient (Wildman–Crippen LogP) is 4.01. The van der Waals surface area contributed by atoms with E-state index in [2.05, 4.69) is 25.9 Å². The van der Waals surface area contributed by atoms with Gasteiger partial charge in [-0.3, -0.25) is 0 Å². The van der Waals surface area contributed by atoms with E-state index in [1.807, 2.05) is 32.0 Å². The molecule has 0 saturated heterocycles. The van der Waals surface area contributed by atoms with Gasteiger partial charge in [0.1, 0.15) is 5.82 Å². The van der Waals surface area contributed by atoms with Crippen LogP contribution in [-0.4, -0.2) is 9.97 Å². The first kappa shape index (κ1) is 13.3. The summed E-state index contributed by atoms with van der Waals surface area (Å²) in [5.41, 5.74) is 8.69. The van der Waals surface area contributed by atoms with Crippen LogP contribution in [0, 0.1) is 6.92 Å². The lowest BCUT2D eigenvalue weighted by atomic mass is 10.1. The van der Waals surface area contributed by atoms with Gasteiger partial charge in [0.25, 0.3) is 0 Å². The molecule has 2 aromatic rings. The molecule has 0 aliphatic heterocycles. The maximum atomic E-state index is 6.07. The molecule has 0 bridgehead atoms. The van der Waals surface area contributed by atoms with Gasteiger partial charge in [0.2, 0.25) is 0 Å². The van der Waals surface area contributed by atoms with Crippen LogP contribution in [0.2, 0.25) is 5.02 Å². The highest BCUT2D eigenvalue weighted by Gasteiger charge is 2.10. The fourth-order valence-electron chi connectivity index (χ4n) is 1.69. The molecule has 18 heavy (non-hydrogen) atoms. The van der Waals surface area contributed by atoms with Crippen LogP contribution in [0.4, 0.5) is 5.82 Å². The largest absolute Gasteiger partial charge is 0.383 e. The summed E-state index contributed by atoms with van der Waals surface area (Å²) >= 11 is 9.43. The van der Waals surface area contributed by atoms with Crippen LogP contribution in [0.25, 0.3) is 11.4 Å². The van der Waals surface area contributed by atoms with Gasteiger partial charge in [-0.05, 0) is 47.5 Å². The summed E-state index contributed by atoms with van der Waals surface area (Å²) < 4.78 is 0.851. The minimum Gasteiger partial charge on any atom is -0.383 e. The first-order valence-electron chi connectivity index (χ1n) is 5.61. The van der Waals surface area contributed by atoms with Gasteiger partial charge in [0, 0.05) is 21.3 Å². The molecule has 1 aromatic heterocycles. The van der Waals surface area contributed by atoms with Gasteiger partial charge in [-0.2, -0.15) is 0 Å². The van der Waals surface area contributed by atoms with Crippen molar-refractivity contribution < 1.29 is 0 Å². The minimum absolute atomic E-state index is 0.524. The van der Waals surface area contributed by atoms with Crippen molar-refractivity contribution in [3.8, 4) is 11.4 Å². The van der Waals surface area contributed by atoms with Crippen molar-refractivity contribution in [3.63, 3.8) is 0 Å². The minimum atomic E-state index is 0.524. The Bertz CT molecular complexity index is 599. The normalized spacial score (nSPS) is 10.7. The molecule has 1 heterocycles. The lowest BCUT2D eigenvalue weighted by molar-refractivity contribution is 0.982. The smallest absolute Gasteiger partial charge is 0.161 e. The topological polar surface area (TPSA) is 51.8 Å². The number of halogens is 2. The Hall–Kier alpha value is -1.13. The quantitative estimate of drug-likeness (QED) is 0.907. The standard InChI is InChI=1S/C13H13BrClN3/c1-3-11-7(2)12(16)18-13(17-11)8-4-5-9(14)10(15)6-8/h4-6H,3H2,1-2H3,(H2,16,17,18). The Morgan fingerprint density at radius 2 is 2.06 bits per heavy atom. The maximum absolute atomic E-state index is 6.07. The van der Waals surface area contributed by atoms with Crippen LogP contribution in [0.3, 0.4) is 0 Å². The third kappa shape index (κ3) is 2.49. The van der Waals surface area contributed by atoms with Crippen molar-refractivity contribution in [2.24, 2.45) is 0 Å².